The van der Waals surface area contributed by atoms with Crippen LogP contribution in [0.25, 0.3) is 5.57 Å². The smallest absolute Gasteiger partial charge is 0.230 e. The standard InChI is InChI=1S/C29H31N3O6S/c1-18-15-19(2)27(20(3)16-18)38-28-22(24(33)17-39(34,35)26-6-4-5-25(30)32-26)7-8-23(31-28)21-9-11-29(12-10-21)36-13-14-37-29/h4-9,15-16H,10-14,17H2,1-3H3,(H2,30,32). The van der Waals surface area contributed by atoms with Gasteiger partial charge in [0.1, 0.15) is 17.3 Å². The molecule has 204 valence electrons. The summed E-state index contributed by atoms with van der Waals surface area (Å²) < 4.78 is 43.9. The lowest BCUT2D eigenvalue weighted by Gasteiger charge is -2.30. The summed E-state index contributed by atoms with van der Waals surface area (Å²) in [4.78, 5) is 22.0. The quantitative estimate of drug-likeness (QED) is 0.415. The molecule has 2 aliphatic rings. The van der Waals surface area contributed by atoms with Gasteiger partial charge in [0.25, 0.3) is 0 Å². The molecular formula is C29H31N3O6S. The van der Waals surface area contributed by atoms with E-state index in [0.29, 0.717) is 43.9 Å². The van der Waals surface area contributed by atoms with Crippen molar-refractivity contribution in [2.24, 2.45) is 0 Å². The topological polar surface area (TPSA) is 131 Å². The fourth-order valence-corrected chi connectivity index (χ4v) is 6.24. The minimum absolute atomic E-state index is 0.0536. The summed E-state index contributed by atoms with van der Waals surface area (Å²) in [5.41, 5.74) is 10.2. The van der Waals surface area contributed by atoms with Gasteiger partial charge in [0.05, 0.1) is 24.5 Å². The fraction of sp³-hybridized carbons (Fsp3) is 0.345. The zero-order valence-electron chi connectivity index (χ0n) is 22.2. The number of nitrogen functional groups attached to an aromatic ring is 1. The molecule has 2 N–H and O–H groups in total. The molecule has 0 unspecified atom stereocenters. The Morgan fingerprint density at radius 2 is 1.77 bits per heavy atom. The maximum atomic E-state index is 13.4. The number of hydrogen-bond acceptors (Lipinski definition) is 9. The summed E-state index contributed by atoms with van der Waals surface area (Å²) in [6.45, 7) is 6.99. The van der Waals surface area contributed by atoms with Crippen molar-refractivity contribution in [1.82, 2.24) is 9.97 Å². The zero-order valence-corrected chi connectivity index (χ0v) is 23.0. The Kier molecular flexibility index (Phi) is 7.28. The largest absolute Gasteiger partial charge is 0.438 e. The van der Waals surface area contributed by atoms with E-state index in [1.165, 1.54) is 18.2 Å². The Bertz CT molecular complexity index is 1550. The summed E-state index contributed by atoms with van der Waals surface area (Å²) >= 11 is 0. The van der Waals surface area contributed by atoms with E-state index in [2.05, 4.69) is 4.98 Å². The van der Waals surface area contributed by atoms with E-state index < -0.39 is 27.2 Å². The van der Waals surface area contributed by atoms with Crippen molar-refractivity contribution >= 4 is 27.0 Å². The molecule has 3 aromatic rings. The summed E-state index contributed by atoms with van der Waals surface area (Å²) in [6.07, 6.45) is 4.01. The first-order valence-electron chi connectivity index (χ1n) is 12.8. The monoisotopic (exact) mass is 549 g/mol. The molecule has 39 heavy (non-hydrogen) atoms. The van der Waals surface area contributed by atoms with Crippen LogP contribution in [0.5, 0.6) is 11.6 Å². The van der Waals surface area contributed by atoms with Gasteiger partial charge in [-0.15, -0.1) is 0 Å². The van der Waals surface area contributed by atoms with Crippen molar-refractivity contribution in [1.29, 1.82) is 0 Å². The van der Waals surface area contributed by atoms with E-state index in [-0.39, 0.29) is 22.3 Å². The predicted molar refractivity (Wildman–Crippen MR) is 146 cm³/mol. The number of anilines is 1. The third-order valence-corrected chi connectivity index (χ3v) is 8.43. The van der Waals surface area contributed by atoms with Gasteiger partial charge in [-0.1, -0.05) is 29.8 Å². The van der Waals surface area contributed by atoms with Gasteiger partial charge >= 0.3 is 0 Å². The Morgan fingerprint density at radius 1 is 1.05 bits per heavy atom. The van der Waals surface area contributed by atoms with Crippen LogP contribution in [0.4, 0.5) is 5.82 Å². The van der Waals surface area contributed by atoms with Crippen LogP contribution in [0.15, 0.2) is 53.6 Å². The summed E-state index contributed by atoms with van der Waals surface area (Å²) in [7, 11) is -4.05. The molecule has 5 rings (SSSR count). The molecule has 1 fully saturated rings. The Hall–Kier alpha value is -3.60. The number of benzene rings is 1. The van der Waals surface area contributed by atoms with Gasteiger partial charge in [-0.25, -0.2) is 18.4 Å². The van der Waals surface area contributed by atoms with Crippen LogP contribution < -0.4 is 10.5 Å². The maximum Gasteiger partial charge on any atom is 0.230 e. The van der Waals surface area contributed by atoms with Gasteiger partial charge in [-0.3, -0.25) is 4.79 Å². The molecule has 1 aromatic carbocycles. The number of pyridine rings is 2. The van der Waals surface area contributed by atoms with Crippen LogP contribution in [-0.4, -0.2) is 48.9 Å². The number of sulfone groups is 1. The maximum absolute atomic E-state index is 13.4. The average Bonchev–Trinajstić information content (AvgIpc) is 3.34. The van der Waals surface area contributed by atoms with Gasteiger partial charge < -0.3 is 19.9 Å². The number of rotatable bonds is 7. The highest BCUT2D eigenvalue weighted by molar-refractivity contribution is 7.92. The molecule has 1 spiro atoms. The highest BCUT2D eigenvalue weighted by Gasteiger charge is 2.38. The minimum Gasteiger partial charge on any atom is -0.438 e. The van der Waals surface area contributed by atoms with Crippen molar-refractivity contribution in [3.8, 4) is 11.6 Å². The van der Waals surface area contributed by atoms with E-state index in [9.17, 15) is 13.2 Å². The van der Waals surface area contributed by atoms with Crippen LogP contribution in [-0.2, 0) is 19.3 Å². The molecule has 0 bridgehead atoms. The van der Waals surface area contributed by atoms with Crippen molar-refractivity contribution < 1.29 is 27.4 Å². The first-order valence-corrected chi connectivity index (χ1v) is 14.4. The Morgan fingerprint density at radius 3 is 2.41 bits per heavy atom. The molecular weight excluding hydrogens is 518 g/mol. The van der Waals surface area contributed by atoms with Crippen molar-refractivity contribution in [2.75, 3.05) is 24.7 Å². The Labute approximate surface area is 227 Å². The van der Waals surface area contributed by atoms with Crippen LogP contribution in [0.3, 0.4) is 0 Å². The van der Waals surface area contributed by atoms with E-state index in [1.54, 1.807) is 12.1 Å². The number of carbonyl (C=O) groups excluding carboxylic acids is 1. The molecule has 3 heterocycles. The predicted octanol–water partition coefficient (Wildman–Crippen LogP) is 4.74. The van der Waals surface area contributed by atoms with Gasteiger partial charge in [-0.05, 0) is 68.2 Å². The van der Waals surface area contributed by atoms with Crippen molar-refractivity contribution in [3.63, 3.8) is 0 Å². The molecule has 9 nitrogen and oxygen atoms in total. The molecule has 1 saturated heterocycles. The van der Waals surface area contributed by atoms with Crippen molar-refractivity contribution in [3.05, 3.63) is 76.5 Å². The van der Waals surface area contributed by atoms with Crippen LogP contribution >= 0.6 is 0 Å². The van der Waals surface area contributed by atoms with E-state index in [0.717, 1.165) is 22.3 Å². The summed E-state index contributed by atoms with van der Waals surface area (Å²) in [6, 6.07) is 11.5. The van der Waals surface area contributed by atoms with E-state index in [4.69, 9.17) is 24.9 Å². The fourth-order valence-electron chi connectivity index (χ4n) is 5.06. The van der Waals surface area contributed by atoms with Gasteiger partial charge in [-0.2, -0.15) is 0 Å². The molecule has 10 heteroatoms. The molecule has 0 amide bonds. The first-order chi connectivity index (χ1) is 18.6. The summed E-state index contributed by atoms with van der Waals surface area (Å²) in [5.74, 6) is -1.34. The normalized spacial score (nSPS) is 16.7. The number of hydrogen-bond donors (Lipinski definition) is 1. The van der Waals surface area contributed by atoms with E-state index in [1.807, 2.05) is 39.0 Å². The minimum atomic E-state index is -4.05. The summed E-state index contributed by atoms with van der Waals surface area (Å²) in [5, 5.41) is -0.259. The molecule has 2 aromatic heterocycles. The van der Waals surface area contributed by atoms with Gasteiger partial charge in [0, 0.05) is 12.8 Å². The Balaban J connectivity index is 1.50. The van der Waals surface area contributed by atoms with Crippen LogP contribution in [0.2, 0.25) is 0 Å². The number of ketones is 1. The number of ether oxygens (including phenoxy) is 3. The number of aromatic nitrogens is 2. The third kappa shape index (κ3) is 5.73. The lowest BCUT2D eigenvalue weighted by atomic mass is 9.92. The number of nitrogens with two attached hydrogens (primary N) is 1. The van der Waals surface area contributed by atoms with Crippen LogP contribution in [0, 0.1) is 20.8 Å². The average molecular weight is 550 g/mol. The van der Waals surface area contributed by atoms with Gasteiger partial charge in [0.2, 0.25) is 15.7 Å². The first kappa shape index (κ1) is 27.0. The number of carbonyl (C=O) groups is 1. The molecule has 1 aliphatic heterocycles. The third-order valence-electron chi connectivity index (χ3n) is 6.93. The molecule has 0 saturated carbocycles. The van der Waals surface area contributed by atoms with Crippen molar-refractivity contribution in [2.45, 2.75) is 50.8 Å². The van der Waals surface area contributed by atoms with E-state index >= 15 is 0 Å². The molecule has 0 radical (unpaired) electrons. The SMILES string of the molecule is Cc1cc(C)c(Oc2nc(C3=CCC4(CC3)OCCO4)ccc2C(=O)CS(=O)(=O)c2cccc(N)n2)c(C)c1. The number of nitrogens with zero attached hydrogens (tertiary/aromatic N) is 2. The number of allylic oxidation sites excluding steroid dienone is 1. The molecule has 1 aliphatic carbocycles. The second-order valence-electron chi connectivity index (χ2n) is 10.0. The lowest BCUT2D eigenvalue weighted by molar-refractivity contribution is -0.159. The highest BCUT2D eigenvalue weighted by Crippen LogP contribution is 2.39. The zero-order chi connectivity index (χ0) is 27.8. The van der Waals surface area contributed by atoms with Crippen LogP contribution in [0.1, 0.15) is 52.0 Å². The second-order valence-corrected chi connectivity index (χ2v) is 11.9. The number of Topliss-reactive ketones (excluding diaryl/α,β-unsaturated/α-hetero) is 1. The highest BCUT2D eigenvalue weighted by atomic mass is 32.2. The lowest BCUT2D eigenvalue weighted by Crippen LogP contribution is -2.31. The number of aryl methyl sites for hydroxylation is 3. The van der Waals surface area contributed by atoms with Gasteiger partial charge in [0.15, 0.2) is 16.6 Å². The molecule has 0 atom stereocenters. The second kappa shape index (κ2) is 10.5.